The molecule has 0 aromatic heterocycles. The Labute approximate surface area is 207 Å². The summed E-state index contributed by atoms with van der Waals surface area (Å²) in [5.41, 5.74) is 5.20. The number of aliphatic hydroxyl groups is 1. The van der Waals surface area contributed by atoms with Gasteiger partial charge in [-0.25, -0.2) is 4.57 Å². The van der Waals surface area contributed by atoms with Gasteiger partial charge in [-0.1, -0.05) is 83.3 Å². The first-order valence-electron chi connectivity index (χ1n) is 13.2. The van der Waals surface area contributed by atoms with E-state index in [2.05, 4.69) is 23.6 Å². The normalized spacial score (nSPS) is 14.4. The number of hydrogen-bond acceptors (Lipinski definition) is 7. The van der Waals surface area contributed by atoms with E-state index in [1.54, 1.807) is 0 Å². The zero-order valence-corrected chi connectivity index (χ0v) is 22.2. The van der Waals surface area contributed by atoms with Crippen molar-refractivity contribution in [3.63, 3.8) is 0 Å². The highest BCUT2D eigenvalue weighted by Gasteiger charge is 2.24. The van der Waals surface area contributed by atoms with Gasteiger partial charge in [0.05, 0.1) is 19.8 Å². The van der Waals surface area contributed by atoms with Crippen LogP contribution in [0.1, 0.15) is 110 Å². The lowest BCUT2D eigenvalue weighted by Crippen LogP contribution is -2.27. The van der Waals surface area contributed by atoms with Crippen molar-refractivity contribution in [2.45, 2.75) is 116 Å². The quantitative estimate of drug-likeness (QED) is 0.0612. The number of phosphoric acid groups is 1. The average molecular weight is 508 g/mol. The Morgan fingerprint density at radius 1 is 0.882 bits per heavy atom. The van der Waals surface area contributed by atoms with E-state index in [0.717, 1.165) is 25.7 Å². The number of hydrogen-bond donors (Lipinski definition) is 3. The molecule has 4 N–H and O–H groups in total. The van der Waals surface area contributed by atoms with Crippen LogP contribution < -0.4 is 5.73 Å². The standard InChI is InChI=1S/C25H50NO7P/c1-2-3-4-5-6-7-8-9-10-11-12-13-14-15-16-17-18-19-25(28)33-24(22-27)23-32-34(29,30)31-21-20-26/h9-10,24,27H,2-8,11-23,26H2,1H3,(H,29,30)/t24-/m1/s1. The minimum Gasteiger partial charge on any atom is -0.457 e. The van der Waals surface area contributed by atoms with Crippen molar-refractivity contribution in [1.82, 2.24) is 0 Å². The molecular formula is C25H50NO7P. The van der Waals surface area contributed by atoms with Crippen LogP contribution in [0.4, 0.5) is 0 Å². The minimum absolute atomic E-state index is 0.0724. The SMILES string of the molecule is CCCCCCCCC=CCCCCCCCCCC(=O)O[C@H](CO)COP(=O)(O)OCCN. The molecule has 8 nitrogen and oxygen atoms in total. The van der Waals surface area contributed by atoms with Gasteiger partial charge in [0, 0.05) is 13.0 Å². The first-order chi connectivity index (χ1) is 16.4. The number of carbonyl (C=O) groups is 1. The van der Waals surface area contributed by atoms with Gasteiger partial charge in [0.2, 0.25) is 0 Å². The van der Waals surface area contributed by atoms with Crippen molar-refractivity contribution in [2.75, 3.05) is 26.4 Å². The fourth-order valence-electron chi connectivity index (χ4n) is 3.45. The Hall–Kier alpha value is -0.760. The summed E-state index contributed by atoms with van der Waals surface area (Å²) in [4.78, 5) is 21.3. The van der Waals surface area contributed by atoms with Crippen molar-refractivity contribution in [3.8, 4) is 0 Å². The fraction of sp³-hybridized carbons (Fsp3) is 0.880. The molecule has 0 rings (SSSR count). The maximum atomic E-state index is 11.9. The predicted molar refractivity (Wildman–Crippen MR) is 136 cm³/mol. The van der Waals surface area contributed by atoms with Gasteiger partial charge < -0.3 is 20.5 Å². The first kappa shape index (κ1) is 33.2. The maximum Gasteiger partial charge on any atom is 0.472 e. The zero-order chi connectivity index (χ0) is 25.3. The molecule has 0 amide bonds. The summed E-state index contributed by atoms with van der Waals surface area (Å²) in [6.45, 7) is 1.27. The van der Waals surface area contributed by atoms with Crippen molar-refractivity contribution in [2.24, 2.45) is 5.73 Å². The lowest BCUT2D eigenvalue weighted by molar-refractivity contribution is -0.153. The summed E-state index contributed by atoms with van der Waals surface area (Å²) in [6, 6.07) is 0. The largest absolute Gasteiger partial charge is 0.472 e. The van der Waals surface area contributed by atoms with E-state index in [9.17, 15) is 19.4 Å². The second kappa shape index (κ2) is 24.0. The summed E-state index contributed by atoms with van der Waals surface area (Å²) < 4.78 is 26.0. The van der Waals surface area contributed by atoms with Gasteiger partial charge >= 0.3 is 13.8 Å². The van der Waals surface area contributed by atoms with Gasteiger partial charge in [-0.3, -0.25) is 13.8 Å². The van der Waals surface area contributed by atoms with Gasteiger partial charge in [-0.05, 0) is 32.1 Å². The summed E-state index contributed by atoms with van der Waals surface area (Å²) >= 11 is 0. The molecule has 0 aromatic carbocycles. The molecule has 9 heteroatoms. The number of nitrogens with two attached hydrogens (primary N) is 1. The molecule has 0 radical (unpaired) electrons. The van der Waals surface area contributed by atoms with Crippen molar-refractivity contribution < 1.29 is 33.1 Å². The number of ether oxygens (including phenoxy) is 1. The van der Waals surface area contributed by atoms with Gasteiger partial charge in [-0.15, -0.1) is 0 Å². The number of unbranched alkanes of at least 4 members (excludes halogenated alkanes) is 13. The molecule has 1 unspecified atom stereocenters. The van der Waals surface area contributed by atoms with Crippen LogP contribution in [0, 0.1) is 0 Å². The second-order valence-electron chi connectivity index (χ2n) is 8.72. The van der Waals surface area contributed by atoms with E-state index in [0.29, 0.717) is 0 Å². The molecule has 0 saturated carbocycles. The Morgan fingerprint density at radius 3 is 1.94 bits per heavy atom. The molecule has 0 aliphatic rings. The zero-order valence-electron chi connectivity index (χ0n) is 21.3. The van der Waals surface area contributed by atoms with Gasteiger partial charge in [-0.2, -0.15) is 0 Å². The van der Waals surface area contributed by atoms with E-state index in [1.165, 1.54) is 70.6 Å². The smallest absolute Gasteiger partial charge is 0.457 e. The number of esters is 1. The van der Waals surface area contributed by atoms with Crippen molar-refractivity contribution in [1.29, 1.82) is 0 Å². The Bertz CT molecular complexity index is 545. The van der Waals surface area contributed by atoms with Crippen LogP contribution in [-0.4, -0.2) is 48.4 Å². The van der Waals surface area contributed by atoms with Crippen LogP contribution in [0.15, 0.2) is 12.2 Å². The highest BCUT2D eigenvalue weighted by Crippen LogP contribution is 2.42. The highest BCUT2D eigenvalue weighted by molar-refractivity contribution is 7.47. The van der Waals surface area contributed by atoms with E-state index < -0.39 is 33.1 Å². The summed E-state index contributed by atoms with van der Waals surface area (Å²) in [7, 11) is -4.26. The van der Waals surface area contributed by atoms with Gasteiger partial charge in [0.25, 0.3) is 0 Å². The molecular weight excluding hydrogens is 457 g/mol. The third-order valence-corrected chi connectivity index (χ3v) is 6.42. The van der Waals surface area contributed by atoms with Crippen molar-refractivity contribution in [3.05, 3.63) is 12.2 Å². The Kier molecular flexibility index (Phi) is 23.4. The fourth-order valence-corrected chi connectivity index (χ4v) is 4.21. The average Bonchev–Trinajstić information content (AvgIpc) is 2.82. The molecule has 0 fully saturated rings. The molecule has 202 valence electrons. The van der Waals surface area contributed by atoms with Crippen LogP contribution in [0.5, 0.6) is 0 Å². The predicted octanol–water partition coefficient (Wildman–Crippen LogP) is 5.80. The monoisotopic (exact) mass is 507 g/mol. The number of carbonyl (C=O) groups excluding carboxylic acids is 1. The molecule has 34 heavy (non-hydrogen) atoms. The van der Waals surface area contributed by atoms with Gasteiger partial charge in [0.1, 0.15) is 6.10 Å². The molecule has 0 bridgehead atoms. The van der Waals surface area contributed by atoms with E-state index in [4.69, 9.17) is 15.0 Å². The number of rotatable bonds is 25. The molecule has 0 saturated heterocycles. The third-order valence-electron chi connectivity index (χ3n) is 5.44. The van der Waals surface area contributed by atoms with Crippen LogP contribution in [0.3, 0.4) is 0 Å². The number of aliphatic hydroxyl groups excluding tert-OH is 1. The lowest BCUT2D eigenvalue weighted by atomic mass is 10.1. The third kappa shape index (κ3) is 23.0. The first-order valence-corrected chi connectivity index (χ1v) is 14.7. The Morgan fingerprint density at radius 2 is 1.41 bits per heavy atom. The van der Waals surface area contributed by atoms with E-state index in [1.807, 2.05) is 0 Å². The van der Waals surface area contributed by atoms with E-state index in [-0.39, 0.29) is 19.6 Å². The van der Waals surface area contributed by atoms with Crippen LogP contribution >= 0.6 is 7.82 Å². The highest BCUT2D eigenvalue weighted by atomic mass is 31.2. The minimum atomic E-state index is -4.26. The molecule has 0 aliphatic heterocycles. The molecule has 0 heterocycles. The molecule has 0 spiro atoms. The van der Waals surface area contributed by atoms with Crippen LogP contribution in [0.2, 0.25) is 0 Å². The maximum absolute atomic E-state index is 11.9. The Balaban J connectivity index is 3.57. The molecule has 0 aliphatic carbocycles. The second-order valence-corrected chi connectivity index (χ2v) is 10.2. The molecule has 0 aromatic rings. The number of phosphoric ester groups is 1. The van der Waals surface area contributed by atoms with Gasteiger partial charge in [0.15, 0.2) is 0 Å². The van der Waals surface area contributed by atoms with Crippen LogP contribution in [-0.2, 0) is 23.1 Å². The number of allylic oxidation sites excluding steroid dienone is 2. The summed E-state index contributed by atoms with van der Waals surface area (Å²) in [6.07, 6.45) is 22.0. The van der Waals surface area contributed by atoms with E-state index >= 15 is 0 Å². The lowest BCUT2D eigenvalue weighted by Gasteiger charge is -2.17. The molecule has 2 atom stereocenters. The van der Waals surface area contributed by atoms with Crippen LogP contribution in [0.25, 0.3) is 0 Å². The summed E-state index contributed by atoms with van der Waals surface area (Å²) in [5, 5.41) is 9.27. The summed E-state index contributed by atoms with van der Waals surface area (Å²) in [5.74, 6) is -0.453. The van der Waals surface area contributed by atoms with Crippen molar-refractivity contribution >= 4 is 13.8 Å². The topological polar surface area (TPSA) is 128 Å².